The van der Waals surface area contributed by atoms with E-state index in [1.165, 1.54) is 18.3 Å². The molecule has 4 atom stereocenters. The molecule has 9 heteroatoms. The summed E-state index contributed by atoms with van der Waals surface area (Å²) in [5.41, 5.74) is 2.45. The van der Waals surface area contributed by atoms with Crippen molar-refractivity contribution in [2.24, 2.45) is 17.6 Å². The number of alkyl halides is 3. The summed E-state index contributed by atoms with van der Waals surface area (Å²) in [5.74, 6) is -1.98. The zero-order chi connectivity index (χ0) is 19.7. The van der Waals surface area contributed by atoms with Gasteiger partial charge in [-0.2, -0.15) is 13.2 Å². The van der Waals surface area contributed by atoms with Crippen LogP contribution in [0, 0.1) is 24.2 Å². The highest BCUT2D eigenvalue weighted by Gasteiger charge is 2.65. The SMILES string of the molecule is C#C[C@H]1[C@H](C(=O)Nc2ccnc(C(N)=O)c2)O[C@@](C)(C(F)(F)F)[C@H]1C=C. The molecule has 2 rings (SSSR count). The van der Waals surface area contributed by atoms with Crippen LogP contribution in [-0.4, -0.2) is 34.7 Å². The number of primary amides is 1. The minimum atomic E-state index is -4.76. The lowest BCUT2D eigenvalue weighted by atomic mass is 9.80. The second-order valence-electron chi connectivity index (χ2n) is 5.88. The molecule has 0 saturated carbocycles. The molecule has 26 heavy (non-hydrogen) atoms. The van der Waals surface area contributed by atoms with Gasteiger partial charge in [-0.3, -0.25) is 14.6 Å². The molecule has 1 aliphatic rings. The Balaban J connectivity index is 2.31. The van der Waals surface area contributed by atoms with Crippen molar-refractivity contribution in [2.45, 2.75) is 24.8 Å². The molecule has 138 valence electrons. The fourth-order valence-corrected chi connectivity index (χ4v) is 2.84. The fourth-order valence-electron chi connectivity index (χ4n) is 2.84. The fraction of sp³-hybridized carbons (Fsp3) is 0.353. The van der Waals surface area contributed by atoms with Gasteiger partial charge in [-0.25, -0.2) is 0 Å². The van der Waals surface area contributed by atoms with Gasteiger partial charge in [0, 0.05) is 17.8 Å². The summed E-state index contributed by atoms with van der Waals surface area (Å²) < 4.78 is 45.5. The van der Waals surface area contributed by atoms with Crippen LogP contribution in [0.25, 0.3) is 0 Å². The number of anilines is 1. The number of carbonyl (C=O) groups excluding carboxylic acids is 2. The number of nitrogens with one attached hydrogen (secondary N) is 1. The molecule has 0 radical (unpaired) electrons. The maximum absolute atomic E-state index is 13.5. The third-order valence-electron chi connectivity index (χ3n) is 4.27. The van der Waals surface area contributed by atoms with Gasteiger partial charge in [0.1, 0.15) is 5.69 Å². The van der Waals surface area contributed by atoms with Gasteiger partial charge >= 0.3 is 6.18 Å². The standard InChI is InChI=1S/C17H16F3N3O3/c1-4-10-11(5-2)16(3,17(18,19)20)26-13(10)15(25)23-9-6-7-22-12(8-9)14(21)24/h1,5-8,10-11,13H,2H2,3H3,(H2,21,24)(H,22,23,25)/t10-,11+,13-,16-/m1/s1. The largest absolute Gasteiger partial charge is 0.417 e. The quantitative estimate of drug-likeness (QED) is 0.628. The van der Waals surface area contributed by atoms with Crippen molar-refractivity contribution in [1.82, 2.24) is 4.98 Å². The molecular formula is C17H16F3N3O3. The molecule has 1 aliphatic heterocycles. The summed E-state index contributed by atoms with van der Waals surface area (Å²) in [6.45, 7) is 4.22. The van der Waals surface area contributed by atoms with Crippen molar-refractivity contribution in [3.8, 4) is 12.3 Å². The molecule has 3 N–H and O–H groups in total. The summed E-state index contributed by atoms with van der Waals surface area (Å²) in [4.78, 5) is 27.3. The Bertz CT molecular complexity index is 787. The summed E-state index contributed by atoms with van der Waals surface area (Å²) in [7, 11) is 0. The smallest absolute Gasteiger partial charge is 0.364 e. The number of hydrogen-bond acceptors (Lipinski definition) is 4. The molecule has 0 aromatic carbocycles. The van der Waals surface area contributed by atoms with E-state index >= 15 is 0 Å². The molecule has 0 spiro atoms. The van der Waals surface area contributed by atoms with Crippen molar-refractivity contribution >= 4 is 17.5 Å². The highest BCUT2D eigenvalue weighted by atomic mass is 19.4. The summed E-state index contributed by atoms with van der Waals surface area (Å²) >= 11 is 0. The predicted octanol–water partition coefficient (Wildman–Crippen LogP) is 1.89. The van der Waals surface area contributed by atoms with Crippen LogP contribution >= 0.6 is 0 Å². The van der Waals surface area contributed by atoms with E-state index in [2.05, 4.69) is 22.8 Å². The number of nitrogens with zero attached hydrogens (tertiary/aromatic N) is 1. The minimum absolute atomic E-state index is 0.118. The maximum atomic E-state index is 13.5. The maximum Gasteiger partial charge on any atom is 0.417 e. The monoisotopic (exact) mass is 367 g/mol. The number of hydrogen-bond donors (Lipinski definition) is 2. The van der Waals surface area contributed by atoms with Gasteiger partial charge in [-0.15, -0.1) is 13.0 Å². The average molecular weight is 367 g/mol. The summed E-state index contributed by atoms with van der Waals surface area (Å²) in [5, 5.41) is 2.37. The van der Waals surface area contributed by atoms with Gasteiger partial charge in [-0.1, -0.05) is 12.0 Å². The number of nitrogens with two attached hydrogens (primary N) is 1. The summed E-state index contributed by atoms with van der Waals surface area (Å²) in [6, 6.07) is 2.53. The van der Waals surface area contributed by atoms with Gasteiger partial charge in [0.15, 0.2) is 11.7 Å². The van der Waals surface area contributed by atoms with E-state index < -0.39 is 41.5 Å². The molecule has 0 aliphatic carbocycles. The first-order chi connectivity index (χ1) is 12.0. The second-order valence-corrected chi connectivity index (χ2v) is 5.88. The molecular weight excluding hydrogens is 351 g/mol. The van der Waals surface area contributed by atoms with Crippen molar-refractivity contribution in [3.63, 3.8) is 0 Å². The van der Waals surface area contributed by atoms with E-state index in [1.807, 2.05) is 0 Å². The highest BCUT2D eigenvalue weighted by Crippen LogP contribution is 2.50. The normalized spacial score (nSPS) is 28.2. The summed E-state index contributed by atoms with van der Waals surface area (Å²) in [6.07, 6.45) is 1.30. The number of carbonyl (C=O) groups is 2. The van der Waals surface area contributed by atoms with Crippen LogP contribution in [0.15, 0.2) is 31.0 Å². The van der Waals surface area contributed by atoms with E-state index in [4.69, 9.17) is 16.9 Å². The number of aromatic nitrogens is 1. The van der Waals surface area contributed by atoms with E-state index in [0.29, 0.717) is 0 Å². The number of amides is 2. The number of halogens is 3. The Labute approximate surface area is 147 Å². The van der Waals surface area contributed by atoms with Crippen molar-refractivity contribution in [2.75, 3.05) is 5.32 Å². The van der Waals surface area contributed by atoms with Crippen LogP contribution in [0.3, 0.4) is 0 Å². The van der Waals surface area contributed by atoms with Crippen LogP contribution in [0.2, 0.25) is 0 Å². The topological polar surface area (TPSA) is 94.3 Å². The molecule has 0 unspecified atom stereocenters. The van der Waals surface area contributed by atoms with Crippen LogP contribution in [0.4, 0.5) is 18.9 Å². The van der Waals surface area contributed by atoms with Crippen molar-refractivity contribution in [1.29, 1.82) is 0 Å². The first kappa shape index (κ1) is 19.5. The van der Waals surface area contributed by atoms with Crippen LogP contribution in [0.1, 0.15) is 17.4 Å². The van der Waals surface area contributed by atoms with Gasteiger partial charge in [-0.05, 0) is 19.1 Å². The average Bonchev–Trinajstić information content (AvgIpc) is 2.88. The number of ether oxygens (including phenoxy) is 1. The molecule has 1 fully saturated rings. The highest BCUT2D eigenvalue weighted by molar-refractivity contribution is 5.97. The first-order valence-electron chi connectivity index (χ1n) is 7.45. The van der Waals surface area contributed by atoms with Crippen molar-refractivity contribution in [3.05, 3.63) is 36.7 Å². The van der Waals surface area contributed by atoms with Crippen molar-refractivity contribution < 1.29 is 27.5 Å². The molecule has 0 bridgehead atoms. The number of pyridine rings is 1. The number of rotatable bonds is 4. The van der Waals surface area contributed by atoms with Gasteiger partial charge in [0.25, 0.3) is 11.8 Å². The molecule has 2 heterocycles. The van der Waals surface area contributed by atoms with Gasteiger partial charge in [0.2, 0.25) is 0 Å². The Kier molecular flexibility index (Phi) is 5.09. The third-order valence-corrected chi connectivity index (χ3v) is 4.27. The Hall–Kier alpha value is -2.86. The van der Waals surface area contributed by atoms with E-state index in [1.54, 1.807) is 0 Å². The third kappa shape index (κ3) is 3.28. The predicted molar refractivity (Wildman–Crippen MR) is 86.7 cm³/mol. The lowest BCUT2D eigenvalue weighted by molar-refractivity contribution is -0.269. The molecule has 1 aromatic rings. The second kappa shape index (κ2) is 6.80. The zero-order valence-corrected chi connectivity index (χ0v) is 13.7. The van der Waals surface area contributed by atoms with E-state index in [-0.39, 0.29) is 11.4 Å². The van der Waals surface area contributed by atoms with E-state index in [0.717, 1.165) is 13.0 Å². The molecule has 1 aromatic heterocycles. The molecule has 1 saturated heterocycles. The Morgan fingerprint density at radius 1 is 1.54 bits per heavy atom. The van der Waals surface area contributed by atoms with Crippen LogP contribution in [-0.2, 0) is 9.53 Å². The molecule has 6 nitrogen and oxygen atoms in total. The van der Waals surface area contributed by atoms with E-state index in [9.17, 15) is 22.8 Å². The first-order valence-corrected chi connectivity index (χ1v) is 7.45. The Morgan fingerprint density at radius 2 is 2.19 bits per heavy atom. The lowest BCUT2D eigenvalue weighted by Gasteiger charge is -2.31. The van der Waals surface area contributed by atoms with Crippen LogP contribution < -0.4 is 11.1 Å². The van der Waals surface area contributed by atoms with Gasteiger partial charge in [0.05, 0.1) is 5.92 Å². The van der Waals surface area contributed by atoms with Gasteiger partial charge < -0.3 is 15.8 Å². The minimum Gasteiger partial charge on any atom is -0.364 e. The lowest BCUT2D eigenvalue weighted by Crippen LogP contribution is -2.47. The number of terminal acetylenes is 1. The Morgan fingerprint density at radius 3 is 2.69 bits per heavy atom. The van der Waals surface area contributed by atoms with Crippen LogP contribution in [0.5, 0.6) is 0 Å². The molecule has 2 amide bonds. The zero-order valence-electron chi connectivity index (χ0n) is 13.7.